The first-order valence-electron chi connectivity index (χ1n) is 24.8. The molecule has 2 aromatic carbocycles. The predicted octanol–water partition coefficient (Wildman–Crippen LogP) is 7.68. The number of carboxylic acid groups (broad SMARTS) is 1. The van der Waals surface area contributed by atoms with Crippen molar-refractivity contribution >= 4 is 23.8 Å². The molecule has 402 valence electrons. The van der Waals surface area contributed by atoms with E-state index in [-0.39, 0.29) is 73.5 Å². The number of aromatic nitrogens is 4. The second-order valence-electron chi connectivity index (χ2n) is 20.1. The van der Waals surface area contributed by atoms with Crippen LogP contribution in [-0.2, 0) is 23.9 Å². The Morgan fingerprint density at radius 1 is 0.566 bits per heavy atom. The minimum Gasteiger partial charge on any atom is -0.870 e. The number of carbonyl (C=O) groups is 4. The van der Waals surface area contributed by atoms with E-state index in [0.717, 1.165) is 66.8 Å². The molecule has 4 aromatic heterocycles. The molecule has 15 nitrogen and oxygen atoms in total. The number of rotatable bonds is 18. The molecule has 0 spiro atoms. The fourth-order valence-electron chi connectivity index (χ4n) is 9.14. The van der Waals surface area contributed by atoms with E-state index in [2.05, 4.69) is 20.6 Å². The Morgan fingerprint density at radius 3 is 1.25 bits per heavy atom. The minimum absolute atomic E-state index is 0. The van der Waals surface area contributed by atoms with Crippen LogP contribution >= 0.6 is 0 Å². The van der Waals surface area contributed by atoms with Crippen LogP contribution in [0.3, 0.4) is 0 Å². The maximum Gasteiger partial charge on any atom is 1.00 e. The first-order chi connectivity index (χ1) is 34.5. The number of esters is 1. The zero-order chi connectivity index (χ0) is 53.8. The van der Waals surface area contributed by atoms with Gasteiger partial charge in [0.2, 0.25) is 11.8 Å². The van der Waals surface area contributed by atoms with Crippen molar-refractivity contribution in [1.29, 1.82) is 0 Å². The number of hydrogen-bond donors (Lipinski definition) is 3. The summed E-state index contributed by atoms with van der Waals surface area (Å²) in [5, 5.41) is 15.6. The van der Waals surface area contributed by atoms with Gasteiger partial charge in [-0.15, -0.1) is 0 Å². The molecule has 16 heteroatoms. The topological polar surface area (TPSA) is 222 Å². The van der Waals surface area contributed by atoms with Gasteiger partial charge in [-0.2, -0.15) is 0 Å². The summed E-state index contributed by atoms with van der Waals surface area (Å²) in [6.07, 6.45) is 10.8. The summed E-state index contributed by atoms with van der Waals surface area (Å²) in [6.45, 7) is 23.7. The summed E-state index contributed by atoms with van der Waals surface area (Å²) in [5.41, 5.74) is 12.6. The molecule has 4 heterocycles. The third-order valence-corrected chi connectivity index (χ3v) is 13.2. The van der Waals surface area contributed by atoms with Crippen molar-refractivity contribution in [2.45, 2.75) is 140 Å². The van der Waals surface area contributed by atoms with Crippen LogP contribution in [-0.4, -0.2) is 60.5 Å². The summed E-state index contributed by atoms with van der Waals surface area (Å²) < 4.78 is 7.89. The van der Waals surface area contributed by atoms with E-state index < -0.39 is 42.0 Å². The number of amides is 2. The molecule has 76 heavy (non-hydrogen) atoms. The van der Waals surface area contributed by atoms with Crippen molar-refractivity contribution in [3.63, 3.8) is 0 Å². The van der Waals surface area contributed by atoms with Gasteiger partial charge in [-0.05, 0) is 159 Å². The van der Waals surface area contributed by atoms with Crippen molar-refractivity contribution in [2.24, 2.45) is 11.8 Å². The molecular weight excluding hydrogens is 956 g/mol. The van der Waals surface area contributed by atoms with Crippen LogP contribution in [0.15, 0.2) is 107 Å². The van der Waals surface area contributed by atoms with Gasteiger partial charge < -0.3 is 35.1 Å². The van der Waals surface area contributed by atoms with Crippen LogP contribution in [0.5, 0.6) is 0 Å². The smallest absolute Gasteiger partial charge is 0.870 e. The van der Waals surface area contributed by atoms with Gasteiger partial charge in [0.15, 0.2) is 0 Å². The first-order valence-corrected chi connectivity index (χ1v) is 24.8. The monoisotopic (exact) mass is 1030 g/mol. The van der Waals surface area contributed by atoms with E-state index in [1.807, 2.05) is 132 Å². The van der Waals surface area contributed by atoms with Gasteiger partial charge in [0.1, 0.15) is 12.1 Å². The molecule has 6 rings (SSSR count). The largest absolute Gasteiger partial charge is 1.00 e. The van der Waals surface area contributed by atoms with Crippen LogP contribution in [0.2, 0.25) is 0 Å². The summed E-state index contributed by atoms with van der Waals surface area (Å²) >= 11 is 0. The van der Waals surface area contributed by atoms with Gasteiger partial charge in [-0.1, -0.05) is 71.5 Å². The van der Waals surface area contributed by atoms with Crippen molar-refractivity contribution in [3.05, 3.63) is 174 Å². The number of ether oxygens (including phenoxy) is 1. The molecular formula is C60H77LiN6O9. The third kappa shape index (κ3) is 17.0. The molecule has 2 amide bonds. The van der Waals surface area contributed by atoms with Crippen LogP contribution < -0.4 is 40.6 Å². The zero-order valence-electron chi connectivity index (χ0n) is 46.1. The van der Waals surface area contributed by atoms with Crippen molar-refractivity contribution in [3.8, 4) is 22.3 Å². The van der Waals surface area contributed by atoms with Gasteiger partial charge >= 0.3 is 30.8 Å². The summed E-state index contributed by atoms with van der Waals surface area (Å²) in [5.74, 6) is -1.91. The molecule has 6 aromatic rings. The number of benzene rings is 2. The van der Waals surface area contributed by atoms with Crippen molar-refractivity contribution in [1.82, 2.24) is 29.7 Å². The second-order valence-corrected chi connectivity index (χ2v) is 20.1. The molecule has 0 fully saturated rings. The number of pyridine rings is 4. The molecule has 2 unspecified atom stereocenters. The number of methoxy groups -OCH3 is 1. The van der Waals surface area contributed by atoms with E-state index in [1.165, 1.54) is 22.3 Å². The predicted molar refractivity (Wildman–Crippen MR) is 295 cm³/mol. The number of carbonyl (C=O) groups excluding carboxylic acids is 3. The fourth-order valence-corrected chi connectivity index (χ4v) is 9.14. The Kier molecular flexibility index (Phi) is 25.2. The van der Waals surface area contributed by atoms with E-state index in [0.29, 0.717) is 24.0 Å². The Labute approximate surface area is 460 Å². The van der Waals surface area contributed by atoms with Gasteiger partial charge in [0.05, 0.1) is 32.0 Å². The standard InChI is InChI=1S/C30H37N3O4.C29H35N3O4.CH4.Li.H2O/c1-18(2)11-26(33-17-22(6)21(5)12-27(33)34)30(36)32-25(14-28(35)37-7)23-13-24(16-31-15-23)29-19(3)9-8-10-20(29)4;1-17(2)10-25(32-16-21(6)20(5)11-26(32)33)29(36)31-24(13-27(34)35)22-12-23(15-30-14-22)28-18(3)8-7-9-19(28)4;;;/h8-10,12-13,15-18,25-26H,11,14H2,1-7H3,(H,32,36);7-9,11-12,14-17,24-25H,10,13H2,1-6H3,(H,31,36)(H,34,35);1H4;;1H2/q;;;+1;/p-1/t25-,26?;24-,25?;;;/m11.../s1. The molecule has 4 N–H and O–H groups in total. The molecule has 0 radical (unpaired) electrons. The van der Waals surface area contributed by atoms with E-state index in [1.54, 1.807) is 43.2 Å². The molecule has 0 aliphatic rings. The fraction of sp³-hybridized carbons (Fsp3) is 0.400. The molecule has 0 saturated carbocycles. The molecule has 0 aliphatic carbocycles. The Balaban J connectivity index is 0.000000500. The Bertz CT molecular complexity index is 3050. The Hall–Kier alpha value is -6.92. The normalized spacial score (nSPS) is 12.3. The van der Waals surface area contributed by atoms with E-state index >= 15 is 0 Å². The number of nitrogens with one attached hydrogen (secondary N) is 2. The van der Waals surface area contributed by atoms with Gasteiger partial charge in [0.25, 0.3) is 11.1 Å². The number of aryl methyl sites for hydroxylation is 8. The van der Waals surface area contributed by atoms with Gasteiger partial charge in [0, 0.05) is 60.4 Å². The quantitative estimate of drug-likeness (QED) is 0.0560. The first kappa shape index (κ1) is 65.2. The summed E-state index contributed by atoms with van der Waals surface area (Å²) in [4.78, 5) is 85.8. The maximum absolute atomic E-state index is 13.7. The molecule has 0 bridgehead atoms. The van der Waals surface area contributed by atoms with Crippen LogP contribution in [0, 0.1) is 67.2 Å². The zero-order valence-corrected chi connectivity index (χ0v) is 46.1. The second kappa shape index (κ2) is 29.4. The van der Waals surface area contributed by atoms with Crippen molar-refractivity contribution in [2.75, 3.05) is 7.11 Å². The van der Waals surface area contributed by atoms with Crippen LogP contribution in [0.25, 0.3) is 22.3 Å². The molecule has 0 aliphatic heterocycles. The molecule has 0 saturated heterocycles. The van der Waals surface area contributed by atoms with E-state index in [4.69, 9.17) is 4.74 Å². The number of carboxylic acids is 1. The number of aliphatic carboxylic acids is 1. The SMILES string of the molecule is C.COC(=O)C[C@@H](NC(=O)C(CC(C)C)n1cc(C)c(C)cc1=O)c1cncc(-c2c(C)cccc2C)c1.Cc1cc(=O)n(C(CC(C)C)C(=O)N[C@H](CC(=O)O)c2cncc(-c3c(C)cccc3C)c2)cc1C.[Li+].[OH-]. The van der Waals surface area contributed by atoms with Gasteiger partial charge in [-0.3, -0.25) is 38.7 Å². The maximum atomic E-state index is 13.7. The average Bonchev–Trinajstić information content (AvgIpc) is 3.32. The summed E-state index contributed by atoms with van der Waals surface area (Å²) in [6, 6.07) is 16.1. The van der Waals surface area contributed by atoms with Crippen LogP contribution in [0.1, 0.15) is 141 Å². The number of hydrogen-bond acceptors (Lipinski definition) is 10. The molecule has 4 atom stereocenters. The third-order valence-electron chi connectivity index (χ3n) is 13.2. The van der Waals surface area contributed by atoms with Crippen LogP contribution in [0.4, 0.5) is 0 Å². The Morgan fingerprint density at radius 2 is 0.921 bits per heavy atom. The van der Waals surface area contributed by atoms with Crippen molar-refractivity contribution < 1.29 is 53.4 Å². The summed E-state index contributed by atoms with van der Waals surface area (Å²) in [7, 11) is 1.32. The minimum atomic E-state index is -1.04. The van der Waals surface area contributed by atoms with E-state index in [9.17, 15) is 33.9 Å². The number of nitrogens with zero attached hydrogens (tertiary/aromatic N) is 4. The average molecular weight is 1030 g/mol. The van der Waals surface area contributed by atoms with Gasteiger partial charge in [-0.25, -0.2) is 0 Å².